The third-order valence-electron chi connectivity index (χ3n) is 6.25. The number of ether oxygens (including phenoxy) is 3. The highest BCUT2D eigenvalue weighted by Crippen LogP contribution is 2.34. The molecule has 1 N–H and O–H groups in total. The molecule has 200 valence electrons. The van der Waals surface area contributed by atoms with E-state index in [4.69, 9.17) is 14.2 Å². The van der Waals surface area contributed by atoms with Gasteiger partial charge in [0.2, 0.25) is 5.91 Å². The van der Waals surface area contributed by atoms with Crippen molar-refractivity contribution in [3.8, 4) is 11.5 Å². The van der Waals surface area contributed by atoms with Gasteiger partial charge in [0.25, 0.3) is 17.1 Å². The summed E-state index contributed by atoms with van der Waals surface area (Å²) < 4.78 is 16.3. The molecule has 4 rings (SSSR count). The zero-order valence-corrected chi connectivity index (χ0v) is 22.3. The van der Waals surface area contributed by atoms with Crippen LogP contribution < -0.4 is 14.8 Å². The van der Waals surface area contributed by atoms with Crippen molar-refractivity contribution in [3.63, 3.8) is 0 Å². The fraction of sp³-hybridized carbons (Fsp3) is 0.333. The molecule has 38 heavy (non-hydrogen) atoms. The lowest BCUT2D eigenvalue weighted by Crippen LogP contribution is -2.43. The normalized spacial score (nSPS) is 16.7. The summed E-state index contributed by atoms with van der Waals surface area (Å²) in [5.74, 6) is -0.401. The van der Waals surface area contributed by atoms with Crippen LogP contribution in [0, 0.1) is 13.8 Å². The molecular weight excluding hydrogens is 510 g/mol. The van der Waals surface area contributed by atoms with E-state index in [1.807, 2.05) is 26.0 Å². The van der Waals surface area contributed by atoms with Crippen molar-refractivity contribution in [2.75, 3.05) is 51.9 Å². The molecule has 2 aliphatic heterocycles. The highest BCUT2D eigenvalue weighted by atomic mass is 32.2. The number of hydrogen-bond acceptors (Lipinski definition) is 8. The second-order valence-corrected chi connectivity index (χ2v) is 9.75. The van der Waals surface area contributed by atoms with E-state index in [1.54, 1.807) is 35.2 Å². The summed E-state index contributed by atoms with van der Waals surface area (Å²) in [5.41, 5.74) is 3.17. The van der Waals surface area contributed by atoms with Crippen LogP contribution in [0.25, 0.3) is 6.08 Å². The molecule has 0 saturated carbocycles. The first-order valence-corrected chi connectivity index (χ1v) is 12.9. The van der Waals surface area contributed by atoms with Crippen molar-refractivity contribution in [2.45, 2.75) is 13.8 Å². The predicted octanol–water partition coefficient (Wildman–Crippen LogP) is 3.22. The van der Waals surface area contributed by atoms with Gasteiger partial charge in [0, 0.05) is 18.8 Å². The van der Waals surface area contributed by atoms with Gasteiger partial charge in [-0.25, -0.2) is 0 Å². The summed E-state index contributed by atoms with van der Waals surface area (Å²) in [7, 11) is 1.47. The Labute approximate surface area is 224 Å². The number of anilines is 1. The maximum atomic E-state index is 12.9. The minimum Gasteiger partial charge on any atom is -0.493 e. The number of imide groups is 1. The zero-order valence-electron chi connectivity index (χ0n) is 21.4. The molecule has 0 aliphatic carbocycles. The fourth-order valence-electron chi connectivity index (χ4n) is 3.94. The van der Waals surface area contributed by atoms with Gasteiger partial charge in [0.05, 0.1) is 25.2 Å². The van der Waals surface area contributed by atoms with Gasteiger partial charge in [-0.1, -0.05) is 18.2 Å². The number of carbonyl (C=O) groups excluding carboxylic acids is 4. The van der Waals surface area contributed by atoms with E-state index in [1.165, 1.54) is 7.11 Å². The van der Waals surface area contributed by atoms with Crippen LogP contribution in [-0.2, 0) is 19.1 Å². The molecule has 10 nitrogen and oxygen atoms in total. The van der Waals surface area contributed by atoms with Crippen molar-refractivity contribution < 1.29 is 33.4 Å². The molecule has 0 atom stereocenters. The van der Waals surface area contributed by atoms with Crippen molar-refractivity contribution in [1.82, 2.24) is 9.80 Å². The second-order valence-electron chi connectivity index (χ2n) is 8.76. The van der Waals surface area contributed by atoms with Crippen LogP contribution in [0.2, 0.25) is 0 Å². The second kappa shape index (κ2) is 12.1. The van der Waals surface area contributed by atoms with E-state index in [9.17, 15) is 19.2 Å². The average molecular weight is 540 g/mol. The molecule has 0 unspecified atom stereocenters. The Morgan fingerprint density at radius 2 is 1.87 bits per heavy atom. The third-order valence-corrected chi connectivity index (χ3v) is 7.16. The molecule has 2 aliphatic rings. The molecule has 2 heterocycles. The molecule has 0 spiro atoms. The first-order chi connectivity index (χ1) is 18.3. The van der Waals surface area contributed by atoms with E-state index in [2.05, 4.69) is 5.32 Å². The predicted molar refractivity (Wildman–Crippen MR) is 143 cm³/mol. The van der Waals surface area contributed by atoms with Crippen molar-refractivity contribution in [1.29, 1.82) is 0 Å². The monoisotopic (exact) mass is 539 g/mol. The van der Waals surface area contributed by atoms with E-state index in [0.29, 0.717) is 49.1 Å². The molecule has 0 radical (unpaired) electrons. The van der Waals surface area contributed by atoms with Gasteiger partial charge in [-0.3, -0.25) is 24.1 Å². The maximum Gasteiger partial charge on any atom is 0.294 e. The van der Waals surface area contributed by atoms with Gasteiger partial charge in [-0.15, -0.1) is 0 Å². The van der Waals surface area contributed by atoms with Crippen molar-refractivity contribution >= 4 is 46.5 Å². The van der Waals surface area contributed by atoms with Crippen LogP contribution in [0.5, 0.6) is 11.5 Å². The largest absolute Gasteiger partial charge is 0.493 e. The number of amides is 4. The van der Waals surface area contributed by atoms with Crippen LogP contribution in [0.1, 0.15) is 16.7 Å². The summed E-state index contributed by atoms with van der Waals surface area (Å²) in [4.78, 5) is 53.1. The number of rotatable bonds is 8. The Morgan fingerprint density at radius 3 is 2.61 bits per heavy atom. The molecule has 0 aromatic heterocycles. The minimum absolute atomic E-state index is 0.140. The number of hydrogen-bond donors (Lipinski definition) is 1. The van der Waals surface area contributed by atoms with Gasteiger partial charge in [0.1, 0.15) is 6.54 Å². The van der Waals surface area contributed by atoms with E-state index in [-0.39, 0.29) is 24.0 Å². The summed E-state index contributed by atoms with van der Waals surface area (Å²) in [6, 6.07) is 10.5. The lowest BCUT2D eigenvalue weighted by molar-refractivity contribution is -0.137. The smallest absolute Gasteiger partial charge is 0.294 e. The Balaban J connectivity index is 1.40. The van der Waals surface area contributed by atoms with Crippen LogP contribution in [0.3, 0.4) is 0 Å². The molecule has 2 fully saturated rings. The summed E-state index contributed by atoms with van der Waals surface area (Å²) in [5, 5.41) is 2.25. The number of thioether (sulfide) groups is 1. The number of methoxy groups -OCH3 is 1. The van der Waals surface area contributed by atoms with Crippen LogP contribution in [-0.4, -0.2) is 79.3 Å². The summed E-state index contributed by atoms with van der Waals surface area (Å²) in [6.45, 7) is 5.37. The average Bonchev–Trinajstić information content (AvgIpc) is 3.17. The van der Waals surface area contributed by atoms with Crippen molar-refractivity contribution in [2.24, 2.45) is 0 Å². The van der Waals surface area contributed by atoms with Gasteiger partial charge in [-0.05, 0) is 66.6 Å². The highest BCUT2D eigenvalue weighted by molar-refractivity contribution is 8.18. The third kappa shape index (κ3) is 6.35. The van der Waals surface area contributed by atoms with E-state index >= 15 is 0 Å². The number of nitrogens with one attached hydrogen (secondary N) is 1. The molecule has 11 heteroatoms. The fourth-order valence-corrected chi connectivity index (χ4v) is 4.78. The molecule has 4 amide bonds. The standard InChI is InChI=1S/C27H29N3O7S/c1-17-5-4-6-20(18(17)2)28-24(31)15-30-26(33)23(38-27(30)34)14-19-7-8-21(22(13-19)35-3)37-16-25(32)29-9-11-36-12-10-29/h4-8,13-14H,9-12,15-16H2,1-3H3,(H,28,31)/b23-14-. The zero-order chi connectivity index (χ0) is 27.2. The van der Waals surface area contributed by atoms with Crippen molar-refractivity contribution in [3.05, 3.63) is 58.0 Å². The van der Waals surface area contributed by atoms with Crippen LogP contribution >= 0.6 is 11.8 Å². The van der Waals surface area contributed by atoms with E-state index < -0.39 is 17.1 Å². The van der Waals surface area contributed by atoms with Crippen LogP contribution in [0.4, 0.5) is 10.5 Å². The quantitative estimate of drug-likeness (QED) is 0.509. The van der Waals surface area contributed by atoms with Crippen LogP contribution in [0.15, 0.2) is 41.3 Å². The lowest BCUT2D eigenvalue weighted by Gasteiger charge is -2.26. The molecular formula is C27H29N3O7S. The van der Waals surface area contributed by atoms with Gasteiger partial charge < -0.3 is 24.4 Å². The number of aryl methyl sites for hydroxylation is 1. The maximum absolute atomic E-state index is 12.9. The summed E-state index contributed by atoms with van der Waals surface area (Å²) >= 11 is 0.764. The molecule has 2 aromatic carbocycles. The highest BCUT2D eigenvalue weighted by Gasteiger charge is 2.36. The first-order valence-electron chi connectivity index (χ1n) is 12.0. The molecule has 2 aromatic rings. The first kappa shape index (κ1) is 27.2. The Bertz CT molecular complexity index is 1290. The Hall–Kier alpha value is -3.83. The molecule has 0 bridgehead atoms. The minimum atomic E-state index is -0.550. The number of benzene rings is 2. The lowest BCUT2D eigenvalue weighted by atomic mass is 10.1. The molecule has 2 saturated heterocycles. The topological polar surface area (TPSA) is 114 Å². The van der Waals surface area contributed by atoms with Gasteiger partial charge in [0.15, 0.2) is 18.1 Å². The Kier molecular flexibility index (Phi) is 8.70. The SMILES string of the molecule is COc1cc(/C=C2\SC(=O)N(CC(=O)Nc3cccc(C)c3C)C2=O)ccc1OCC(=O)N1CCOCC1. The Morgan fingerprint density at radius 1 is 1.11 bits per heavy atom. The van der Waals surface area contributed by atoms with E-state index in [0.717, 1.165) is 27.8 Å². The number of carbonyl (C=O) groups is 4. The number of morpholine rings is 1. The number of nitrogens with zero attached hydrogens (tertiary/aromatic N) is 2. The van der Waals surface area contributed by atoms with Gasteiger partial charge in [-0.2, -0.15) is 0 Å². The summed E-state index contributed by atoms with van der Waals surface area (Å²) in [6.07, 6.45) is 1.55. The van der Waals surface area contributed by atoms with Gasteiger partial charge >= 0.3 is 0 Å².